The molecular weight excluding hydrogens is 285 g/mol. The highest BCUT2D eigenvalue weighted by Gasteiger charge is 2.26. The maximum absolute atomic E-state index is 13.5. The Morgan fingerprint density at radius 3 is 2.69 bits per heavy atom. The molecule has 0 atom stereocenters. The Morgan fingerprint density at radius 1 is 1.62 bits per heavy atom. The minimum Gasteiger partial charge on any atom is -0.465 e. The number of alkyl halides is 1. The van der Waals surface area contributed by atoms with Gasteiger partial charge in [0.05, 0.1) is 12.0 Å². The number of ether oxygens (including phenoxy) is 1. The molecule has 0 aliphatic rings. The number of hydrogen-bond acceptors (Lipinski definition) is 4. The van der Waals surface area contributed by atoms with Gasteiger partial charge in [0, 0.05) is 11.4 Å². The summed E-state index contributed by atoms with van der Waals surface area (Å²) >= 11 is 3.05. The van der Waals surface area contributed by atoms with Crippen molar-refractivity contribution in [3.8, 4) is 0 Å². The van der Waals surface area contributed by atoms with E-state index >= 15 is 0 Å². The van der Waals surface area contributed by atoms with Gasteiger partial charge < -0.3 is 4.74 Å². The number of carbonyl (C=O) groups excluding carboxylic acids is 1. The lowest BCUT2D eigenvalue weighted by atomic mass is 10.1. The highest BCUT2D eigenvalue weighted by atomic mass is 79.9. The van der Waals surface area contributed by atoms with E-state index in [0.29, 0.717) is 5.56 Å². The lowest BCUT2D eigenvalue weighted by Gasteiger charge is -2.04. The monoisotopic (exact) mass is 291 g/mol. The molecule has 0 N–H and O–H groups in total. The highest BCUT2D eigenvalue weighted by Crippen LogP contribution is 2.25. The van der Waals surface area contributed by atoms with Crippen molar-refractivity contribution >= 4 is 27.6 Å². The van der Waals surface area contributed by atoms with Crippen LogP contribution in [0.15, 0.2) is 12.1 Å². The minimum atomic E-state index is -1.06. The van der Waals surface area contributed by atoms with Gasteiger partial charge in [0.2, 0.25) is 0 Å². The summed E-state index contributed by atoms with van der Waals surface area (Å²) in [6.45, 7) is 0. The molecule has 0 unspecified atom stereocenters. The number of hydrogen-bond donors (Lipinski definition) is 0. The van der Waals surface area contributed by atoms with Gasteiger partial charge in [-0.15, -0.1) is 0 Å². The predicted octanol–water partition coefficient (Wildman–Crippen LogP) is 2.42. The molecule has 7 heteroatoms. The van der Waals surface area contributed by atoms with Gasteiger partial charge in [-0.2, -0.15) is 0 Å². The fraction of sp³-hybridized carbons (Fsp3) is 0.222. The Kier molecular flexibility index (Phi) is 3.94. The lowest BCUT2D eigenvalue weighted by Crippen LogP contribution is -2.09. The molecule has 86 valence electrons. The first-order valence-corrected chi connectivity index (χ1v) is 5.24. The van der Waals surface area contributed by atoms with Gasteiger partial charge in [-0.3, -0.25) is 10.1 Å². The van der Waals surface area contributed by atoms with E-state index in [-0.39, 0.29) is 5.33 Å². The first kappa shape index (κ1) is 12.6. The number of esters is 1. The fourth-order valence-corrected chi connectivity index (χ4v) is 1.50. The Hall–Kier alpha value is -1.50. The number of nitro groups is 1. The molecule has 0 bridgehead atoms. The minimum absolute atomic E-state index is 0.256. The maximum atomic E-state index is 13.5. The number of methoxy groups -OCH3 is 1. The Balaban J connectivity index is 3.45. The van der Waals surface area contributed by atoms with Crippen LogP contribution >= 0.6 is 15.9 Å². The van der Waals surface area contributed by atoms with E-state index in [1.165, 1.54) is 0 Å². The van der Waals surface area contributed by atoms with Crippen LogP contribution in [0, 0.1) is 15.9 Å². The third-order valence-corrected chi connectivity index (χ3v) is 2.52. The summed E-state index contributed by atoms with van der Waals surface area (Å²) in [4.78, 5) is 21.0. The van der Waals surface area contributed by atoms with E-state index in [4.69, 9.17) is 0 Å². The molecule has 0 aromatic heterocycles. The topological polar surface area (TPSA) is 69.4 Å². The first-order valence-electron chi connectivity index (χ1n) is 4.12. The van der Waals surface area contributed by atoms with E-state index in [9.17, 15) is 19.3 Å². The summed E-state index contributed by atoms with van der Waals surface area (Å²) < 4.78 is 17.8. The van der Waals surface area contributed by atoms with Crippen LogP contribution < -0.4 is 0 Å². The molecule has 16 heavy (non-hydrogen) atoms. The molecule has 0 spiro atoms. The maximum Gasteiger partial charge on any atom is 0.347 e. The summed E-state index contributed by atoms with van der Waals surface area (Å²) in [6, 6.07) is 2.18. The molecular formula is C9H7BrFNO4. The van der Waals surface area contributed by atoms with Crippen molar-refractivity contribution in [1.29, 1.82) is 0 Å². The molecule has 0 amide bonds. The van der Waals surface area contributed by atoms with Crippen LogP contribution in [-0.4, -0.2) is 18.0 Å². The van der Waals surface area contributed by atoms with Crippen LogP contribution in [-0.2, 0) is 10.1 Å². The quantitative estimate of drug-likeness (QED) is 0.371. The molecule has 0 aliphatic carbocycles. The van der Waals surface area contributed by atoms with Crippen LogP contribution in [0.3, 0.4) is 0 Å². The number of rotatable bonds is 3. The van der Waals surface area contributed by atoms with Crippen molar-refractivity contribution < 1.29 is 18.8 Å². The molecule has 0 fully saturated rings. The summed E-state index contributed by atoms with van der Waals surface area (Å²) in [5, 5.41) is 10.9. The van der Waals surface area contributed by atoms with Gasteiger partial charge in [0.25, 0.3) is 5.69 Å². The Morgan fingerprint density at radius 2 is 2.25 bits per heavy atom. The van der Waals surface area contributed by atoms with Gasteiger partial charge in [-0.25, -0.2) is 9.18 Å². The van der Waals surface area contributed by atoms with E-state index in [0.717, 1.165) is 19.2 Å². The van der Waals surface area contributed by atoms with Crippen molar-refractivity contribution in [2.75, 3.05) is 7.11 Å². The molecule has 1 rings (SSSR count). The van der Waals surface area contributed by atoms with Gasteiger partial charge in [0.15, 0.2) is 5.56 Å². The normalized spacial score (nSPS) is 9.94. The largest absolute Gasteiger partial charge is 0.465 e. The number of carbonyl (C=O) groups is 1. The van der Waals surface area contributed by atoms with Gasteiger partial charge in [0.1, 0.15) is 5.82 Å². The predicted molar refractivity (Wildman–Crippen MR) is 57.0 cm³/mol. The third kappa shape index (κ3) is 2.35. The highest BCUT2D eigenvalue weighted by molar-refractivity contribution is 9.08. The number of nitro benzene ring substituents is 1. The SMILES string of the molecule is COC(=O)c1c(F)cc(CBr)cc1[N+](=O)[O-]. The van der Waals surface area contributed by atoms with E-state index in [2.05, 4.69) is 20.7 Å². The molecule has 5 nitrogen and oxygen atoms in total. The van der Waals surface area contributed by atoms with Gasteiger partial charge in [-0.1, -0.05) is 15.9 Å². The summed E-state index contributed by atoms with van der Waals surface area (Å²) in [6.07, 6.45) is 0. The first-order chi connectivity index (χ1) is 7.51. The molecule has 0 radical (unpaired) electrons. The van der Waals surface area contributed by atoms with Crippen molar-refractivity contribution in [3.63, 3.8) is 0 Å². The number of nitrogens with zero attached hydrogens (tertiary/aromatic N) is 1. The third-order valence-electron chi connectivity index (χ3n) is 1.87. The van der Waals surface area contributed by atoms with Crippen molar-refractivity contribution in [3.05, 3.63) is 39.2 Å². The van der Waals surface area contributed by atoms with Crippen LogP contribution in [0.25, 0.3) is 0 Å². The second kappa shape index (κ2) is 5.02. The van der Waals surface area contributed by atoms with Crippen LogP contribution in [0.1, 0.15) is 15.9 Å². The van der Waals surface area contributed by atoms with Gasteiger partial charge >= 0.3 is 5.97 Å². The fourth-order valence-electron chi connectivity index (χ4n) is 1.17. The average molecular weight is 292 g/mol. The zero-order valence-corrected chi connectivity index (χ0v) is 9.78. The van der Waals surface area contributed by atoms with Crippen molar-refractivity contribution in [2.24, 2.45) is 0 Å². The van der Waals surface area contributed by atoms with E-state index in [1.807, 2.05) is 0 Å². The van der Waals surface area contributed by atoms with Crippen molar-refractivity contribution in [2.45, 2.75) is 5.33 Å². The van der Waals surface area contributed by atoms with Crippen LogP contribution in [0.4, 0.5) is 10.1 Å². The van der Waals surface area contributed by atoms with Crippen molar-refractivity contribution in [1.82, 2.24) is 0 Å². The summed E-state index contributed by atoms with van der Waals surface area (Å²) in [5.41, 5.74) is -0.879. The van der Waals surface area contributed by atoms with Crippen LogP contribution in [0.2, 0.25) is 0 Å². The Bertz CT molecular complexity index is 449. The zero-order valence-electron chi connectivity index (χ0n) is 8.20. The summed E-state index contributed by atoms with van der Waals surface area (Å²) in [7, 11) is 1.03. The molecule has 0 saturated carbocycles. The smallest absolute Gasteiger partial charge is 0.347 e. The molecule has 0 saturated heterocycles. The molecule has 0 heterocycles. The average Bonchev–Trinajstić information content (AvgIpc) is 2.26. The Labute approximate surface area is 98.5 Å². The summed E-state index contributed by atoms with van der Waals surface area (Å²) in [5.74, 6) is -2.03. The van der Waals surface area contributed by atoms with Crippen LogP contribution in [0.5, 0.6) is 0 Å². The number of halogens is 2. The zero-order chi connectivity index (χ0) is 12.3. The molecule has 1 aromatic carbocycles. The number of benzene rings is 1. The molecule has 1 aromatic rings. The lowest BCUT2D eigenvalue weighted by molar-refractivity contribution is -0.385. The standard InChI is InChI=1S/C9H7BrFNO4/c1-16-9(13)8-6(11)2-5(4-10)3-7(8)12(14)15/h2-3H,4H2,1H3. The second-order valence-electron chi connectivity index (χ2n) is 2.85. The molecule has 0 aliphatic heterocycles. The van der Waals surface area contributed by atoms with E-state index < -0.39 is 28.0 Å². The van der Waals surface area contributed by atoms with E-state index in [1.54, 1.807) is 0 Å². The second-order valence-corrected chi connectivity index (χ2v) is 3.41. The van der Waals surface area contributed by atoms with Gasteiger partial charge in [-0.05, 0) is 11.6 Å².